The second-order valence-electron chi connectivity index (χ2n) is 4.27. The van der Waals surface area contributed by atoms with E-state index in [1.54, 1.807) is 12.1 Å². The number of benzene rings is 2. The fraction of sp³-hybridized carbons (Fsp3) is 0.0667. The number of ether oxygens (including phenoxy) is 1. The van der Waals surface area contributed by atoms with Crippen LogP contribution in [0.15, 0.2) is 42.5 Å². The number of methoxy groups -OCH3 is 1. The Labute approximate surface area is 125 Å². The van der Waals surface area contributed by atoms with Gasteiger partial charge in [0.2, 0.25) is 0 Å². The second-order valence-corrected chi connectivity index (χ2v) is 4.27. The molecule has 3 N–H and O–H groups in total. The van der Waals surface area contributed by atoms with Gasteiger partial charge in [0.1, 0.15) is 17.3 Å². The molecule has 0 atom stereocenters. The molecule has 0 aliphatic carbocycles. The first-order valence-electron chi connectivity index (χ1n) is 6.25. The van der Waals surface area contributed by atoms with Crippen molar-refractivity contribution >= 4 is 11.8 Å². The van der Waals surface area contributed by atoms with Crippen LogP contribution < -0.4 is 15.6 Å². The predicted octanol–water partition coefficient (Wildman–Crippen LogP) is 1.61. The van der Waals surface area contributed by atoms with Crippen molar-refractivity contribution in [1.29, 1.82) is 0 Å². The number of carbonyl (C=O) groups excluding carboxylic acids is 2. The number of aromatic hydroxyl groups is 1. The number of amides is 2. The number of hydrogen-bond acceptors (Lipinski definition) is 4. The molecule has 0 bridgehead atoms. The zero-order valence-corrected chi connectivity index (χ0v) is 11.6. The molecule has 0 saturated carbocycles. The molecule has 0 fully saturated rings. The van der Waals surface area contributed by atoms with Gasteiger partial charge in [-0.25, -0.2) is 4.39 Å². The van der Waals surface area contributed by atoms with Gasteiger partial charge < -0.3 is 9.84 Å². The van der Waals surface area contributed by atoms with Crippen molar-refractivity contribution in [1.82, 2.24) is 10.9 Å². The molecule has 0 radical (unpaired) electrons. The summed E-state index contributed by atoms with van der Waals surface area (Å²) in [4.78, 5) is 23.8. The van der Waals surface area contributed by atoms with Crippen LogP contribution >= 0.6 is 0 Å². The summed E-state index contributed by atoms with van der Waals surface area (Å²) >= 11 is 0. The van der Waals surface area contributed by atoms with Crippen molar-refractivity contribution in [2.75, 3.05) is 7.11 Å². The highest BCUT2D eigenvalue weighted by molar-refractivity contribution is 6.01. The van der Waals surface area contributed by atoms with Crippen LogP contribution in [0.4, 0.5) is 4.39 Å². The summed E-state index contributed by atoms with van der Waals surface area (Å²) in [5, 5.41) is 9.54. The maximum Gasteiger partial charge on any atom is 0.273 e. The summed E-state index contributed by atoms with van der Waals surface area (Å²) in [6, 6.07) is 9.28. The number of hydrogen-bond donors (Lipinski definition) is 3. The van der Waals surface area contributed by atoms with E-state index < -0.39 is 17.6 Å². The van der Waals surface area contributed by atoms with Crippen molar-refractivity contribution < 1.29 is 23.8 Å². The summed E-state index contributed by atoms with van der Waals surface area (Å²) in [5.74, 6) is -2.13. The standard InChI is InChI=1S/C15H13FN2O4/c1-22-13-7-6-9(16)8-11(13)15(21)18-17-14(20)10-4-2-3-5-12(10)19/h2-8,19H,1H3,(H,17,20)(H,18,21). The first-order chi connectivity index (χ1) is 10.5. The second kappa shape index (κ2) is 6.57. The lowest BCUT2D eigenvalue weighted by Gasteiger charge is -2.11. The molecule has 0 aliphatic rings. The van der Waals surface area contributed by atoms with E-state index in [1.165, 1.54) is 25.3 Å². The van der Waals surface area contributed by atoms with Crippen molar-refractivity contribution in [3.63, 3.8) is 0 Å². The Hall–Kier alpha value is -3.09. The largest absolute Gasteiger partial charge is 0.507 e. The van der Waals surface area contributed by atoms with Crippen LogP contribution in [-0.2, 0) is 0 Å². The number of nitrogens with one attached hydrogen (secondary N) is 2. The van der Waals surface area contributed by atoms with Crippen molar-refractivity contribution in [3.05, 3.63) is 59.4 Å². The molecule has 0 saturated heterocycles. The molecular weight excluding hydrogens is 291 g/mol. The zero-order chi connectivity index (χ0) is 16.1. The molecule has 2 amide bonds. The van der Waals surface area contributed by atoms with Crippen molar-refractivity contribution in [3.8, 4) is 11.5 Å². The monoisotopic (exact) mass is 304 g/mol. The smallest absolute Gasteiger partial charge is 0.273 e. The highest BCUT2D eigenvalue weighted by atomic mass is 19.1. The highest BCUT2D eigenvalue weighted by Gasteiger charge is 2.15. The number of hydrazine groups is 1. The molecule has 6 nitrogen and oxygen atoms in total. The molecule has 0 heterocycles. The fourth-order valence-corrected chi connectivity index (χ4v) is 1.77. The van der Waals surface area contributed by atoms with Gasteiger partial charge in [-0.05, 0) is 30.3 Å². The Balaban J connectivity index is 2.09. The van der Waals surface area contributed by atoms with Gasteiger partial charge in [0.15, 0.2) is 0 Å². The maximum atomic E-state index is 13.2. The van der Waals surface area contributed by atoms with Crippen LogP contribution in [0.5, 0.6) is 11.5 Å². The van der Waals surface area contributed by atoms with Gasteiger partial charge in [-0.1, -0.05) is 12.1 Å². The third-order valence-corrected chi connectivity index (χ3v) is 2.84. The number of carbonyl (C=O) groups is 2. The third kappa shape index (κ3) is 3.32. The highest BCUT2D eigenvalue weighted by Crippen LogP contribution is 2.19. The van der Waals surface area contributed by atoms with E-state index in [9.17, 15) is 19.1 Å². The van der Waals surface area contributed by atoms with Crippen LogP contribution in [0.1, 0.15) is 20.7 Å². The predicted molar refractivity (Wildman–Crippen MR) is 76.0 cm³/mol. The normalized spacial score (nSPS) is 9.91. The van der Waals surface area contributed by atoms with E-state index in [1.807, 2.05) is 0 Å². The molecule has 114 valence electrons. The molecule has 0 aromatic heterocycles. The Kier molecular flexibility index (Phi) is 4.57. The quantitative estimate of drug-likeness (QED) is 0.752. The first kappa shape index (κ1) is 15.3. The van der Waals surface area contributed by atoms with Crippen LogP contribution in [0.2, 0.25) is 0 Å². The van der Waals surface area contributed by atoms with Gasteiger partial charge in [0.25, 0.3) is 11.8 Å². The minimum Gasteiger partial charge on any atom is -0.507 e. The van der Waals surface area contributed by atoms with Gasteiger partial charge in [-0.2, -0.15) is 0 Å². The van der Waals surface area contributed by atoms with Gasteiger partial charge >= 0.3 is 0 Å². The van der Waals surface area contributed by atoms with Crippen LogP contribution in [-0.4, -0.2) is 24.0 Å². The number of phenols is 1. The third-order valence-electron chi connectivity index (χ3n) is 2.84. The Morgan fingerprint density at radius 3 is 2.32 bits per heavy atom. The lowest BCUT2D eigenvalue weighted by atomic mass is 10.2. The molecule has 22 heavy (non-hydrogen) atoms. The molecule has 7 heteroatoms. The van der Waals surface area contributed by atoms with E-state index in [-0.39, 0.29) is 22.6 Å². The minimum atomic E-state index is -0.750. The SMILES string of the molecule is COc1ccc(F)cc1C(=O)NNC(=O)c1ccccc1O. The minimum absolute atomic E-state index is 0.00555. The Morgan fingerprint density at radius 1 is 1.05 bits per heavy atom. The molecule has 2 rings (SSSR count). The first-order valence-corrected chi connectivity index (χ1v) is 6.25. The molecule has 0 aliphatic heterocycles. The van der Waals surface area contributed by atoms with E-state index >= 15 is 0 Å². The Morgan fingerprint density at radius 2 is 1.68 bits per heavy atom. The van der Waals surface area contributed by atoms with Gasteiger partial charge in [-0.3, -0.25) is 20.4 Å². The van der Waals surface area contributed by atoms with Gasteiger partial charge in [0.05, 0.1) is 18.2 Å². The molecule has 0 unspecified atom stereocenters. The van der Waals surface area contributed by atoms with Crippen LogP contribution in [0.3, 0.4) is 0 Å². The average Bonchev–Trinajstić information content (AvgIpc) is 2.52. The number of halogens is 1. The zero-order valence-electron chi connectivity index (χ0n) is 11.6. The fourth-order valence-electron chi connectivity index (χ4n) is 1.77. The molecule has 0 spiro atoms. The number of para-hydroxylation sites is 1. The summed E-state index contributed by atoms with van der Waals surface area (Å²) in [5.41, 5.74) is 4.19. The van der Waals surface area contributed by atoms with E-state index in [0.717, 1.165) is 12.1 Å². The lowest BCUT2D eigenvalue weighted by Crippen LogP contribution is -2.41. The summed E-state index contributed by atoms with van der Waals surface area (Å²) in [6.45, 7) is 0. The van der Waals surface area contributed by atoms with Crippen LogP contribution in [0, 0.1) is 5.82 Å². The average molecular weight is 304 g/mol. The lowest BCUT2D eigenvalue weighted by molar-refractivity contribution is 0.0843. The maximum absolute atomic E-state index is 13.2. The van der Waals surface area contributed by atoms with E-state index in [4.69, 9.17) is 4.74 Å². The molecule has 2 aromatic rings. The van der Waals surface area contributed by atoms with Crippen molar-refractivity contribution in [2.45, 2.75) is 0 Å². The summed E-state index contributed by atoms with van der Waals surface area (Å²) in [6.07, 6.45) is 0. The van der Waals surface area contributed by atoms with Gasteiger partial charge in [0, 0.05) is 0 Å². The Bertz CT molecular complexity index is 718. The number of rotatable bonds is 3. The summed E-state index contributed by atoms with van der Waals surface area (Å²) < 4.78 is 18.2. The number of phenolic OH excluding ortho intramolecular Hbond substituents is 1. The van der Waals surface area contributed by atoms with E-state index in [0.29, 0.717) is 0 Å². The molecular formula is C15H13FN2O4. The van der Waals surface area contributed by atoms with E-state index in [2.05, 4.69) is 10.9 Å². The van der Waals surface area contributed by atoms with Crippen LogP contribution in [0.25, 0.3) is 0 Å². The molecule has 2 aromatic carbocycles. The van der Waals surface area contributed by atoms with Gasteiger partial charge in [-0.15, -0.1) is 0 Å². The summed E-state index contributed by atoms with van der Waals surface area (Å²) in [7, 11) is 1.34. The topological polar surface area (TPSA) is 87.7 Å². The van der Waals surface area contributed by atoms with Crippen molar-refractivity contribution in [2.24, 2.45) is 0 Å².